The summed E-state index contributed by atoms with van der Waals surface area (Å²) in [7, 11) is 1.65. The van der Waals surface area contributed by atoms with E-state index in [4.69, 9.17) is 21.1 Å². The van der Waals surface area contributed by atoms with Crippen LogP contribution < -0.4 is 9.47 Å². The summed E-state index contributed by atoms with van der Waals surface area (Å²) in [5.41, 5.74) is 1.79. The van der Waals surface area contributed by atoms with Crippen LogP contribution in [-0.4, -0.2) is 18.8 Å². The first-order chi connectivity index (χ1) is 9.74. The second kappa shape index (κ2) is 7.17. The van der Waals surface area contributed by atoms with E-state index >= 15 is 0 Å². The molecule has 2 aromatic carbocycles. The SMILES string of the molecule is COc1ccc(CCOc2cccc(Cl)c2CO)cc1. The quantitative estimate of drug-likeness (QED) is 0.886. The Bertz CT molecular complexity index is 552. The van der Waals surface area contributed by atoms with Crippen molar-refractivity contribution in [3.63, 3.8) is 0 Å². The van der Waals surface area contributed by atoms with Crippen LogP contribution in [0.25, 0.3) is 0 Å². The molecule has 0 aliphatic heterocycles. The lowest BCUT2D eigenvalue weighted by Gasteiger charge is -2.11. The number of ether oxygens (including phenoxy) is 2. The minimum atomic E-state index is -0.127. The van der Waals surface area contributed by atoms with Gasteiger partial charge in [-0.1, -0.05) is 29.8 Å². The van der Waals surface area contributed by atoms with Gasteiger partial charge in [0, 0.05) is 17.0 Å². The van der Waals surface area contributed by atoms with E-state index in [0.717, 1.165) is 12.2 Å². The summed E-state index contributed by atoms with van der Waals surface area (Å²) < 4.78 is 10.8. The van der Waals surface area contributed by atoms with Gasteiger partial charge in [-0.3, -0.25) is 0 Å². The number of rotatable bonds is 6. The molecule has 0 amide bonds. The van der Waals surface area contributed by atoms with Gasteiger partial charge in [-0.2, -0.15) is 0 Å². The van der Waals surface area contributed by atoms with Crippen molar-refractivity contribution in [2.75, 3.05) is 13.7 Å². The van der Waals surface area contributed by atoms with Crippen LogP contribution in [-0.2, 0) is 13.0 Å². The van der Waals surface area contributed by atoms with Crippen molar-refractivity contribution < 1.29 is 14.6 Å². The molecule has 0 saturated heterocycles. The molecule has 2 aromatic rings. The van der Waals surface area contributed by atoms with Crippen LogP contribution in [0.15, 0.2) is 42.5 Å². The Morgan fingerprint density at radius 2 is 1.85 bits per heavy atom. The van der Waals surface area contributed by atoms with Crippen molar-refractivity contribution in [2.45, 2.75) is 13.0 Å². The first-order valence-corrected chi connectivity index (χ1v) is 6.76. The third kappa shape index (κ3) is 3.65. The Kier molecular flexibility index (Phi) is 5.27. The van der Waals surface area contributed by atoms with Gasteiger partial charge < -0.3 is 14.6 Å². The summed E-state index contributed by atoms with van der Waals surface area (Å²) in [6, 6.07) is 13.2. The molecule has 0 bridgehead atoms. The van der Waals surface area contributed by atoms with Gasteiger partial charge in [0.05, 0.1) is 20.3 Å². The summed E-state index contributed by atoms with van der Waals surface area (Å²) in [6.07, 6.45) is 0.779. The molecule has 0 saturated carbocycles. The van der Waals surface area contributed by atoms with Crippen LogP contribution in [0.3, 0.4) is 0 Å². The van der Waals surface area contributed by atoms with Crippen molar-refractivity contribution in [1.29, 1.82) is 0 Å². The predicted molar refractivity (Wildman–Crippen MR) is 79.6 cm³/mol. The highest BCUT2D eigenvalue weighted by Crippen LogP contribution is 2.26. The summed E-state index contributed by atoms with van der Waals surface area (Å²) in [5, 5.41) is 9.82. The second-order valence-corrected chi connectivity index (χ2v) is 4.73. The van der Waals surface area contributed by atoms with Crippen LogP contribution in [0.1, 0.15) is 11.1 Å². The fourth-order valence-corrected chi connectivity index (χ4v) is 2.12. The fraction of sp³-hybridized carbons (Fsp3) is 0.250. The van der Waals surface area contributed by atoms with Gasteiger partial charge in [-0.15, -0.1) is 0 Å². The van der Waals surface area contributed by atoms with Crippen molar-refractivity contribution in [2.24, 2.45) is 0 Å². The maximum absolute atomic E-state index is 9.29. The highest BCUT2D eigenvalue weighted by Gasteiger charge is 2.06. The molecule has 0 aromatic heterocycles. The Morgan fingerprint density at radius 3 is 2.50 bits per heavy atom. The molecule has 0 aliphatic carbocycles. The molecule has 0 radical (unpaired) electrons. The highest BCUT2D eigenvalue weighted by molar-refractivity contribution is 6.31. The molecule has 0 heterocycles. The molecule has 3 nitrogen and oxygen atoms in total. The summed E-state index contributed by atoms with van der Waals surface area (Å²) in [4.78, 5) is 0. The molecule has 2 rings (SSSR count). The van der Waals surface area contributed by atoms with E-state index in [0.29, 0.717) is 22.9 Å². The molecular weight excluding hydrogens is 276 g/mol. The number of aliphatic hydroxyl groups is 1. The lowest BCUT2D eigenvalue weighted by atomic mass is 10.1. The average molecular weight is 293 g/mol. The van der Waals surface area contributed by atoms with E-state index in [1.165, 1.54) is 5.56 Å². The van der Waals surface area contributed by atoms with E-state index in [1.54, 1.807) is 13.2 Å². The molecule has 0 unspecified atom stereocenters. The first kappa shape index (κ1) is 14.7. The Hall–Kier alpha value is -1.71. The Balaban J connectivity index is 1.94. The summed E-state index contributed by atoms with van der Waals surface area (Å²) >= 11 is 6.00. The van der Waals surface area contributed by atoms with E-state index in [1.807, 2.05) is 36.4 Å². The predicted octanol–water partition coefficient (Wildman–Crippen LogP) is 3.46. The molecule has 4 heteroatoms. The van der Waals surface area contributed by atoms with E-state index < -0.39 is 0 Å². The zero-order chi connectivity index (χ0) is 14.4. The monoisotopic (exact) mass is 292 g/mol. The largest absolute Gasteiger partial charge is 0.497 e. The number of hydrogen-bond donors (Lipinski definition) is 1. The number of halogens is 1. The van der Waals surface area contributed by atoms with Gasteiger partial charge in [0.2, 0.25) is 0 Å². The number of benzene rings is 2. The van der Waals surface area contributed by atoms with Crippen molar-refractivity contribution >= 4 is 11.6 Å². The van der Waals surface area contributed by atoms with Crippen LogP contribution in [0.4, 0.5) is 0 Å². The summed E-state index contributed by atoms with van der Waals surface area (Å²) in [6.45, 7) is 0.400. The lowest BCUT2D eigenvalue weighted by molar-refractivity contribution is 0.264. The molecule has 0 fully saturated rings. The second-order valence-electron chi connectivity index (χ2n) is 4.32. The van der Waals surface area contributed by atoms with Gasteiger partial charge in [0.15, 0.2) is 0 Å². The number of hydrogen-bond acceptors (Lipinski definition) is 3. The van der Waals surface area contributed by atoms with Gasteiger partial charge in [0.1, 0.15) is 11.5 Å². The molecule has 0 aliphatic rings. The van der Waals surface area contributed by atoms with Crippen molar-refractivity contribution in [1.82, 2.24) is 0 Å². The Morgan fingerprint density at radius 1 is 1.10 bits per heavy atom. The molecule has 106 valence electrons. The van der Waals surface area contributed by atoms with Crippen LogP contribution in [0, 0.1) is 0 Å². The van der Waals surface area contributed by atoms with Gasteiger partial charge in [-0.25, -0.2) is 0 Å². The molecular formula is C16H17ClO3. The fourth-order valence-electron chi connectivity index (χ4n) is 1.90. The van der Waals surface area contributed by atoms with E-state index in [-0.39, 0.29) is 6.61 Å². The van der Waals surface area contributed by atoms with Crippen LogP contribution >= 0.6 is 11.6 Å². The number of methoxy groups -OCH3 is 1. The smallest absolute Gasteiger partial charge is 0.126 e. The first-order valence-electron chi connectivity index (χ1n) is 6.38. The number of aliphatic hydroxyl groups excluding tert-OH is 1. The zero-order valence-electron chi connectivity index (χ0n) is 11.3. The molecule has 20 heavy (non-hydrogen) atoms. The molecule has 1 N–H and O–H groups in total. The van der Waals surface area contributed by atoms with E-state index in [2.05, 4.69) is 0 Å². The third-order valence-electron chi connectivity index (χ3n) is 3.04. The van der Waals surface area contributed by atoms with Gasteiger partial charge in [0.25, 0.3) is 0 Å². The zero-order valence-corrected chi connectivity index (χ0v) is 12.1. The minimum Gasteiger partial charge on any atom is -0.497 e. The third-order valence-corrected chi connectivity index (χ3v) is 3.40. The topological polar surface area (TPSA) is 38.7 Å². The minimum absolute atomic E-state index is 0.127. The van der Waals surface area contributed by atoms with Gasteiger partial charge in [-0.05, 0) is 29.8 Å². The highest BCUT2D eigenvalue weighted by atomic mass is 35.5. The molecule has 0 spiro atoms. The van der Waals surface area contributed by atoms with Crippen molar-refractivity contribution in [3.8, 4) is 11.5 Å². The standard InChI is InChI=1S/C16H17ClO3/c1-19-13-7-5-12(6-8-13)9-10-20-16-4-2-3-15(17)14(16)11-18/h2-8,18H,9-11H2,1H3. The maximum atomic E-state index is 9.29. The average Bonchev–Trinajstić information content (AvgIpc) is 2.48. The molecule has 0 atom stereocenters. The van der Waals surface area contributed by atoms with Gasteiger partial charge >= 0.3 is 0 Å². The van der Waals surface area contributed by atoms with Crippen LogP contribution in [0.2, 0.25) is 5.02 Å². The maximum Gasteiger partial charge on any atom is 0.126 e. The Labute approximate surface area is 123 Å². The van der Waals surface area contributed by atoms with E-state index in [9.17, 15) is 5.11 Å². The summed E-state index contributed by atoms with van der Waals surface area (Å²) in [5.74, 6) is 1.47. The lowest BCUT2D eigenvalue weighted by Crippen LogP contribution is -2.03. The van der Waals surface area contributed by atoms with Crippen LogP contribution in [0.5, 0.6) is 11.5 Å². The normalized spacial score (nSPS) is 10.3. The van der Waals surface area contributed by atoms with Crippen molar-refractivity contribution in [3.05, 3.63) is 58.6 Å².